The summed E-state index contributed by atoms with van der Waals surface area (Å²) in [7, 11) is 2.36. The zero-order chi connectivity index (χ0) is 19.3. The first-order chi connectivity index (χ1) is 12.4. The Balaban J connectivity index is 2.11. The Kier molecular flexibility index (Phi) is 6.05. The van der Waals surface area contributed by atoms with E-state index in [2.05, 4.69) is 9.47 Å². The molecule has 1 heterocycles. The normalized spacial score (nSPS) is 12.6. The quantitative estimate of drug-likeness (QED) is 0.490. The van der Waals surface area contributed by atoms with Crippen LogP contribution in [0.4, 0.5) is 0 Å². The van der Waals surface area contributed by atoms with E-state index in [0.717, 1.165) is 16.9 Å². The first-order valence-electron chi connectivity index (χ1n) is 7.75. The summed E-state index contributed by atoms with van der Waals surface area (Å²) in [6.07, 6.45) is -0.138. The minimum absolute atomic E-state index is 0.107. The molecular weight excluding hydrogens is 344 g/mol. The fraction of sp³-hybridized carbons (Fsp3) is 0.353. The van der Waals surface area contributed by atoms with E-state index in [4.69, 9.17) is 0 Å². The minimum Gasteiger partial charge on any atom is -0.469 e. The maximum atomic E-state index is 12.5. The van der Waals surface area contributed by atoms with Gasteiger partial charge in [0, 0.05) is 6.54 Å². The van der Waals surface area contributed by atoms with Crippen LogP contribution in [0.25, 0.3) is 0 Å². The van der Waals surface area contributed by atoms with Crippen LogP contribution in [0.15, 0.2) is 24.3 Å². The maximum absolute atomic E-state index is 12.5. The maximum Gasteiger partial charge on any atom is 0.325 e. The van der Waals surface area contributed by atoms with Crippen molar-refractivity contribution in [2.24, 2.45) is 0 Å². The summed E-state index contributed by atoms with van der Waals surface area (Å²) in [5.41, 5.74) is 0.443. The highest BCUT2D eigenvalue weighted by Gasteiger charge is 2.37. The number of ether oxygens (including phenoxy) is 2. The molecule has 1 aliphatic heterocycles. The van der Waals surface area contributed by atoms with Crippen molar-refractivity contribution < 1.29 is 33.4 Å². The Bertz CT molecular complexity index is 724. The van der Waals surface area contributed by atoms with E-state index >= 15 is 0 Å². The zero-order valence-electron chi connectivity index (χ0n) is 14.4. The highest BCUT2D eigenvalue weighted by molar-refractivity contribution is 6.22. The van der Waals surface area contributed by atoms with E-state index in [-0.39, 0.29) is 24.1 Å². The molecule has 26 heavy (non-hydrogen) atoms. The first-order valence-corrected chi connectivity index (χ1v) is 7.75. The summed E-state index contributed by atoms with van der Waals surface area (Å²) < 4.78 is 9.04. The Labute approximate surface area is 149 Å². The Morgan fingerprint density at radius 3 is 2.00 bits per heavy atom. The number of imide groups is 1. The van der Waals surface area contributed by atoms with Gasteiger partial charge in [-0.2, -0.15) is 0 Å². The highest BCUT2D eigenvalue weighted by Crippen LogP contribution is 2.22. The second kappa shape index (κ2) is 8.24. The lowest BCUT2D eigenvalue weighted by atomic mass is 10.1. The van der Waals surface area contributed by atoms with E-state index in [1.165, 1.54) is 19.2 Å². The summed E-state index contributed by atoms with van der Waals surface area (Å²) in [5.74, 6) is -3.07. The van der Waals surface area contributed by atoms with E-state index in [1.54, 1.807) is 12.1 Å². The Morgan fingerprint density at radius 2 is 1.50 bits per heavy atom. The molecule has 0 saturated heterocycles. The van der Waals surface area contributed by atoms with Gasteiger partial charge < -0.3 is 14.4 Å². The number of nitrogens with zero attached hydrogens (tertiary/aromatic N) is 2. The fourth-order valence-electron chi connectivity index (χ4n) is 2.46. The van der Waals surface area contributed by atoms with Gasteiger partial charge in [-0.1, -0.05) is 12.1 Å². The standard InChI is InChI=1S/C17H18N2O7/c1-25-14(21)7-8-18(10-15(22)26-2)13(20)9-19-16(23)11-5-3-4-6-12(11)17(19)24/h3-6H,7-10H2,1-2H3. The largest absolute Gasteiger partial charge is 0.469 e. The molecule has 9 nitrogen and oxygen atoms in total. The predicted molar refractivity (Wildman–Crippen MR) is 87.0 cm³/mol. The van der Waals surface area contributed by atoms with Crippen molar-refractivity contribution in [1.82, 2.24) is 9.80 Å². The molecule has 1 aromatic rings. The SMILES string of the molecule is COC(=O)CCN(CC(=O)OC)C(=O)CN1C(=O)c2ccccc2C1=O. The van der Waals surface area contributed by atoms with Gasteiger partial charge in [0.2, 0.25) is 5.91 Å². The molecule has 0 radical (unpaired) electrons. The van der Waals surface area contributed by atoms with Crippen molar-refractivity contribution in [3.63, 3.8) is 0 Å². The molecule has 3 amide bonds. The van der Waals surface area contributed by atoms with E-state index < -0.39 is 42.7 Å². The average molecular weight is 362 g/mol. The number of methoxy groups -OCH3 is 2. The topological polar surface area (TPSA) is 110 Å². The highest BCUT2D eigenvalue weighted by atomic mass is 16.5. The number of benzene rings is 1. The number of hydrogen-bond donors (Lipinski definition) is 0. The molecule has 0 atom stereocenters. The molecule has 0 fully saturated rings. The van der Waals surface area contributed by atoms with Gasteiger partial charge in [0.25, 0.3) is 11.8 Å². The zero-order valence-corrected chi connectivity index (χ0v) is 14.4. The van der Waals surface area contributed by atoms with Crippen LogP contribution in [0.3, 0.4) is 0 Å². The number of carbonyl (C=O) groups is 5. The number of fused-ring (bicyclic) bond motifs is 1. The van der Waals surface area contributed by atoms with Crippen LogP contribution < -0.4 is 0 Å². The van der Waals surface area contributed by atoms with Gasteiger partial charge in [0.05, 0.1) is 31.8 Å². The molecule has 9 heteroatoms. The molecule has 0 aliphatic carbocycles. The number of amides is 3. The van der Waals surface area contributed by atoms with Crippen molar-refractivity contribution in [2.75, 3.05) is 33.9 Å². The third-order valence-corrected chi connectivity index (χ3v) is 3.89. The summed E-state index contributed by atoms with van der Waals surface area (Å²) in [4.78, 5) is 61.8. The summed E-state index contributed by atoms with van der Waals surface area (Å²) in [6.45, 7) is -1.05. The minimum atomic E-state index is -0.689. The molecule has 0 unspecified atom stereocenters. The van der Waals surface area contributed by atoms with Crippen molar-refractivity contribution in [1.29, 1.82) is 0 Å². The Morgan fingerprint density at radius 1 is 0.962 bits per heavy atom. The van der Waals surface area contributed by atoms with E-state index in [9.17, 15) is 24.0 Å². The lowest BCUT2D eigenvalue weighted by Crippen LogP contribution is -2.45. The first kappa shape index (κ1) is 19.1. The molecule has 0 aromatic heterocycles. The van der Waals surface area contributed by atoms with Crippen molar-refractivity contribution in [3.8, 4) is 0 Å². The Hall–Kier alpha value is -3.23. The number of carbonyl (C=O) groups excluding carboxylic acids is 5. The van der Waals surface area contributed by atoms with Gasteiger partial charge in [-0.15, -0.1) is 0 Å². The van der Waals surface area contributed by atoms with Gasteiger partial charge in [0.1, 0.15) is 13.1 Å². The molecule has 0 saturated carbocycles. The molecule has 0 bridgehead atoms. The number of esters is 2. The van der Waals surface area contributed by atoms with Gasteiger partial charge in [-0.05, 0) is 12.1 Å². The lowest BCUT2D eigenvalue weighted by Gasteiger charge is -2.23. The monoisotopic (exact) mass is 362 g/mol. The predicted octanol–water partition coefficient (Wildman–Crippen LogP) is -0.153. The molecule has 1 aromatic carbocycles. The van der Waals surface area contributed by atoms with Crippen molar-refractivity contribution in [3.05, 3.63) is 35.4 Å². The summed E-state index contributed by atoms with van der Waals surface area (Å²) in [5, 5.41) is 0. The van der Waals surface area contributed by atoms with Crippen LogP contribution in [0, 0.1) is 0 Å². The van der Waals surface area contributed by atoms with E-state index in [1.807, 2.05) is 0 Å². The lowest BCUT2D eigenvalue weighted by molar-refractivity contribution is -0.148. The van der Waals surface area contributed by atoms with Crippen LogP contribution in [0.5, 0.6) is 0 Å². The van der Waals surface area contributed by atoms with Gasteiger partial charge in [-0.25, -0.2) is 0 Å². The summed E-state index contributed by atoms with van der Waals surface area (Å²) >= 11 is 0. The number of hydrogen-bond acceptors (Lipinski definition) is 7. The number of rotatable bonds is 7. The van der Waals surface area contributed by atoms with Crippen molar-refractivity contribution in [2.45, 2.75) is 6.42 Å². The van der Waals surface area contributed by atoms with E-state index in [0.29, 0.717) is 0 Å². The molecule has 2 rings (SSSR count). The second-order valence-corrected chi connectivity index (χ2v) is 5.46. The third kappa shape index (κ3) is 4.05. The molecule has 138 valence electrons. The average Bonchev–Trinajstić information content (AvgIpc) is 2.89. The molecule has 0 spiro atoms. The molecule has 0 N–H and O–H groups in total. The molecule has 1 aliphatic rings. The van der Waals surface area contributed by atoms with Crippen LogP contribution in [0.2, 0.25) is 0 Å². The van der Waals surface area contributed by atoms with Crippen LogP contribution >= 0.6 is 0 Å². The van der Waals surface area contributed by atoms with Crippen LogP contribution in [-0.2, 0) is 23.9 Å². The third-order valence-electron chi connectivity index (χ3n) is 3.89. The van der Waals surface area contributed by atoms with Gasteiger partial charge in [0.15, 0.2) is 0 Å². The second-order valence-electron chi connectivity index (χ2n) is 5.46. The summed E-state index contributed by atoms with van der Waals surface area (Å²) in [6, 6.07) is 6.25. The van der Waals surface area contributed by atoms with Gasteiger partial charge in [-0.3, -0.25) is 28.9 Å². The van der Waals surface area contributed by atoms with Crippen molar-refractivity contribution >= 4 is 29.7 Å². The van der Waals surface area contributed by atoms with Crippen LogP contribution in [0.1, 0.15) is 27.1 Å². The fourth-order valence-corrected chi connectivity index (χ4v) is 2.46. The molecular formula is C17H18N2O7. The van der Waals surface area contributed by atoms with Crippen LogP contribution in [-0.4, -0.2) is 73.3 Å². The smallest absolute Gasteiger partial charge is 0.325 e. The van der Waals surface area contributed by atoms with Gasteiger partial charge >= 0.3 is 11.9 Å².